The lowest BCUT2D eigenvalue weighted by molar-refractivity contribution is 0.0952. The molecule has 0 saturated heterocycles. The summed E-state index contributed by atoms with van der Waals surface area (Å²) in [7, 11) is 4.01. The van der Waals surface area contributed by atoms with Gasteiger partial charge in [-0.05, 0) is 45.3 Å². The summed E-state index contributed by atoms with van der Waals surface area (Å²) in [5.74, 6) is 5.26. The summed E-state index contributed by atoms with van der Waals surface area (Å²) in [6.45, 7) is 1.42. The number of aliphatic hydroxyl groups is 1. The number of nitrogens with zero attached hydrogens (tertiary/aromatic N) is 1. The van der Waals surface area contributed by atoms with Gasteiger partial charge in [0.1, 0.15) is 6.61 Å². The summed E-state index contributed by atoms with van der Waals surface area (Å²) < 4.78 is 0. The molecule has 0 fully saturated rings. The first kappa shape index (κ1) is 15.2. The molecule has 4 heteroatoms. The highest BCUT2D eigenvalue weighted by molar-refractivity contribution is 5.94. The maximum atomic E-state index is 11.9. The van der Waals surface area contributed by atoms with Crippen LogP contribution >= 0.6 is 0 Å². The van der Waals surface area contributed by atoms with Crippen LogP contribution in [0.2, 0.25) is 0 Å². The Hall–Kier alpha value is -1.83. The van der Waals surface area contributed by atoms with Gasteiger partial charge in [-0.25, -0.2) is 0 Å². The molecular weight excluding hydrogens is 240 g/mol. The SMILES string of the molecule is CN(C)CCCNC(=O)c1cccc(C#CCO)c1. The van der Waals surface area contributed by atoms with Gasteiger partial charge in [-0.1, -0.05) is 17.9 Å². The van der Waals surface area contributed by atoms with Gasteiger partial charge in [0.25, 0.3) is 5.91 Å². The molecule has 4 nitrogen and oxygen atoms in total. The van der Waals surface area contributed by atoms with Crippen molar-refractivity contribution in [3.8, 4) is 11.8 Å². The average molecular weight is 260 g/mol. The van der Waals surface area contributed by atoms with Crippen LogP contribution in [0.25, 0.3) is 0 Å². The van der Waals surface area contributed by atoms with Crippen LogP contribution in [-0.4, -0.2) is 49.7 Å². The topological polar surface area (TPSA) is 52.6 Å². The Kier molecular flexibility index (Phi) is 6.65. The Morgan fingerprint density at radius 1 is 1.42 bits per heavy atom. The quantitative estimate of drug-likeness (QED) is 0.605. The summed E-state index contributed by atoms with van der Waals surface area (Å²) in [5.41, 5.74) is 1.32. The van der Waals surface area contributed by atoms with E-state index in [1.165, 1.54) is 0 Å². The summed E-state index contributed by atoms with van der Waals surface area (Å²) in [4.78, 5) is 14.0. The van der Waals surface area contributed by atoms with Crippen molar-refractivity contribution in [2.24, 2.45) is 0 Å². The van der Waals surface area contributed by atoms with Gasteiger partial charge in [0.15, 0.2) is 0 Å². The van der Waals surface area contributed by atoms with Crippen LogP contribution in [0.15, 0.2) is 24.3 Å². The van der Waals surface area contributed by atoms with Gasteiger partial charge >= 0.3 is 0 Å². The molecule has 1 rings (SSSR count). The minimum absolute atomic E-state index is 0.0913. The maximum absolute atomic E-state index is 11.9. The highest BCUT2D eigenvalue weighted by atomic mass is 16.2. The van der Waals surface area contributed by atoms with Gasteiger partial charge in [-0.15, -0.1) is 0 Å². The number of nitrogens with one attached hydrogen (secondary N) is 1. The van der Waals surface area contributed by atoms with Gasteiger partial charge in [-0.3, -0.25) is 4.79 Å². The second kappa shape index (κ2) is 8.30. The average Bonchev–Trinajstić information content (AvgIpc) is 2.41. The molecule has 0 atom stereocenters. The fourth-order valence-electron chi connectivity index (χ4n) is 1.58. The molecule has 0 aliphatic heterocycles. The van der Waals surface area contributed by atoms with E-state index in [-0.39, 0.29) is 12.5 Å². The van der Waals surface area contributed by atoms with Gasteiger partial charge < -0.3 is 15.3 Å². The molecule has 0 bridgehead atoms. The summed E-state index contributed by atoms with van der Waals surface area (Å²) in [5, 5.41) is 11.5. The number of benzene rings is 1. The number of amides is 1. The Morgan fingerprint density at radius 2 is 2.21 bits per heavy atom. The van der Waals surface area contributed by atoms with Gasteiger partial charge in [0, 0.05) is 17.7 Å². The lowest BCUT2D eigenvalue weighted by Gasteiger charge is -2.10. The van der Waals surface area contributed by atoms with E-state index in [0.717, 1.165) is 18.5 Å². The second-order valence-electron chi connectivity index (χ2n) is 4.45. The molecule has 1 aromatic rings. The van der Waals surface area contributed by atoms with E-state index in [4.69, 9.17) is 5.11 Å². The van der Waals surface area contributed by atoms with Crippen LogP contribution in [0, 0.1) is 11.8 Å². The van der Waals surface area contributed by atoms with Crippen molar-refractivity contribution >= 4 is 5.91 Å². The molecule has 0 spiro atoms. The Balaban J connectivity index is 2.52. The molecule has 0 unspecified atom stereocenters. The van der Waals surface area contributed by atoms with E-state index >= 15 is 0 Å². The molecule has 102 valence electrons. The van der Waals surface area contributed by atoms with Crippen molar-refractivity contribution in [3.05, 3.63) is 35.4 Å². The fourth-order valence-corrected chi connectivity index (χ4v) is 1.58. The molecule has 1 amide bonds. The molecular formula is C15H20N2O2. The molecule has 19 heavy (non-hydrogen) atoms. The third-order valence-electron chi connectivity index (χ3n) is 2.50. The van der Waals surface area contributed by atoms with E-state index < -0.39 is 0 Å². The molecule has 0 radical (unpaired) electrons. The largest absolute Gasteiger partial charge is 0.384 e. The number of carbonyl (C=O) groups is 1. The third-order valence-corrected chi connectivity index (χ3v) is 2.50. The van der Waals surface area contributed by atoms with Crippen LogP contribution < -0.4 is 5.32 Å². The smallest absolute Gasteiger partial charge is 0.251 e. The van der Waals surface area contributed by atoms with Crippen molar-refractivity contribution in [2.45, 2.75) is 6.42 Å². The van der Waals surface area contributed by atoms with E-state index in [0.29, 0.717) is 12.1 Å². The predicted octanol–water partition coefficient (Wildman–Crippen LogP) is 0.712. The Bertz CT molecular complexity index is 473. The lowest BCUT2D eigenvalue weighted by atomic mass is 10.1. The van der Waals surface area contributed by atoms with Crippen molar-refractivity contribution in [1.29, 1.82) is 0 Å². The fraction of sp³-hybridized carbons (Fsp3) is 0.400. The highest BCUT2D eigenvalue weighted by Crippen LogP contribution is 2.04. The van der Waals surface area contributed by atoms with Crippen LogP contribution in [0.5, 0.6) is 0 Å². The van der Waals surface area contributed by atoms with Gasteiger partial charge in [-0.2, -0.15) is 0 Å². The number of aliphatic hydroxyl groups excluding tert-OH is 1. The maximum Gasteiger partial charge on any atom is 0.251 e. The molecule has 0 aliphatic rings. The molecule has 0 aromatic heterocycles. The predicted molar refractivity (Wildman–Crippen MR) is 75.9 cm³/mol. The first-order chi connectivity index (χ1) is 9.13. The van der Waals surface area contributed by atoms with Crippen LogP contribution in [0.1, 0.15) is 22.3 Å². The number of rotatable bonds is 5. The summed E-state index contributed by atoms with van der Waals surface area (Å²) >= 11 is 0. The summed E-state index contributed by atoms with van der Waals surface area (Å²) in [6, 6.07) is 7.08. The Labute approximate surface area is 114 Å². The zero-order valence-electron chi connectivity index (χ0n) is 11.4. The van der Waals surface area contributed by atoms with E-state index in [1.54, 1.807) is 18.2 Å². The zero-order valence-corrected chi connectivity index (χ0v) is 11.4. The molecule has 2 N–H and O–H groups in total. The van der Waals surface area contributed by atoms with Crippen molar-refractivity contribution in [3.63, 3.8) is 0 Å². The van der Waals surface area contributed by atoms with Crippen molar-refractivity contribution in [2.75, 3.05) is 33.8 Å². The number of carbonyl (C=O) groups excluding carboxylic acids is 1. The zero-order chi connectivity index (χ0) is 14.1. The van der Waals surface area contributed by atoms with Crippen LogP contribution in [0.3, 0.4) is 0 Å². The van der Waals surface area contributed by atoms with Crippen molar-refractivity contribution in [1.82, 2.24) is 10.2 Å². The normalized spacial score (nSPS) is 9.89. The minimum Gasteiger partial charge on any atom is -0.384 e. The van der Waals surface area contributed by atoms with Crippen LogP contribution in [0.4, 0.5) is 0 Å². The standard InChI is InChI=1S/C15H20N2O2/c1-17(2)10-5-9-16-15(19)14-8-3-6-13(12-14)7-4-11-18/h3,6,8,12,18H,5,9-11H2,1-2H3,(H,16,19). The van der Waals surface area contributed by atoms with E-state index in [1.807, 2.05) is 20.2 Å². The highest BCUT2D eigenvalue weighted by Gasteiger charge is 2.04. The minimum atomic E-state index is -0.180. The first-order valence-electron chi connectivity index (χ1n) is 6.26. The second-order valence-corrected chi connectivity index (χ2v) is 4.45. The van der Waals surface area contributed by atoms with Gasteiger partial charge in [0.05, 0.1) is 0 Å². The van der Waals surface area contributed by atoms with Gasteiger partial charge in [0.2, 0.25) is 0 Å². The third kappa shape index (κ3) is 6.05. The first-order valence-corrected chi connectivity index (χ1v) is 6.26. The molecule has 0 saturated carbocycles. The lowest BCUT2D eigenvalue weighted by Crippen LogP contribution is -2.27. The number of hydrogen-bond acceptors (Lipinski definition) is 3. The molecule has 0 aliphatic carbocycles. The number of hydrogen-bond donors (Lipinski definition) is 2. The van der Waals surface area contributed by atoms with Crippen molar-refractivity contribution < 1.29 is 9.90 Å². The van der Waals surface area contributed by atoms with E-state index in [9.17, 15) is 4.79 Å². The van der Waals surface area contributed by atoms with Crippen LogP contribution in [-0.2, 0) is 0 Å². The Morgan fingerprint density at radius 3 is 2.89 bits per heavy atom. The van der Waals surface area contributed by atoms with E-state index in [2.05, 4.69) is 22.1 Å². The molecule has 0 heterocycles. The summed E-state index contributed by atoms with van der Waals surface area (Å²) in [6.07, 6.45) is 0.919. The monoisotopic (exact) mass is 260 g/mol. The molecule has 1 aromatic carbocycles.